The number of rotatable bonds is 4. The maximum Gasteiger partial charge on any atom is 0.253 e. The molecule has 2 aromatic carbocycles. The van der Waals surface area contributed by atoms with Gasteiger partial charge < -0.3 is 15.2 Å². The van der Waals surface area contributed by atoms with E-state index in [1.54, 1.807) is 6.07 Å². The average Bonchev–Trinajstić information content (AvgIpc) is 3.07. The van der Waals surface area contributed by atoms with Crippen molar-refractivity contribution in [2.45, 2.75) is 38.3 Å². The highest BCUT2D eigenvalue weighted by atomic mass is 35.5. The minimum Gasteiger partial charge on any atom is -0.493 e. The summed E-state index contributed by atoms with van der Waals surface area (Å²) in [4.78, 5) is 12.9. The van der Waals surface area contributed by atoms with Crippen LogP contribution in [0.2, 0.25) is 5.02 Å². The molecule has 0 bridgehead atoms. The Morgan fingerprint density at radius 3 is 2.88 bits per heavy atom. The summed E-state index contributed by atoms with van der Waals surface area (Å²) >= 11 is 6.33. The summed E-state index contributed by atoms with van der Waals surface area (Å²) in [5.74, 6) is 0.967. The Hall–Kier alpha value is -2.04. The second kappa shape index (κ2) is 6.93. The Labute approximate surface area is 158 Å². The third-order valence-electron chi connectivity index (χ3n) is 5.42. The van der Waals surface area contributed by atoms with Crippen molar-refractivity contribution in [3.63, 3.8) is 0 Å². The number of carbonyl (C=O) groups excluding carboxylic acids is 1. The fraction of sp³-hybridized carbons (Fsp3) is 0.381. The van der Waals surface area contributed by atoms with Crippen molar-refractivity contribution in [3.8, 4) is 5.75 Å². The molecule has 2 N–H and O–H groups in total. The van der Waals surface area contributed by atoms with Crippen molar-refractivity contribution in [2.75, 3.05) is 6.61 Å². The Kier molecular flexibility index (Phi) is 4.63. The van der Waals surface area contributed by atoms with Crippen LogP contribution in [-0.4, -0.2) is 23.7 Å². The third-order valence-corrected chi connectivity index (χ3v) is 5.92. The average molecular weight is 372 g/mol. The fourth-order valence-corrected chi connectivity index (χ4v) is 4.03. The second-order valence-corrected chi connectivity index (χ2v) is 7.62. The van der Waals surface area contributed by atoms with Crippen LogP contribution in [0, 0.1) is 12.8 Å². The molecule has 1 amide bonds. The van der Waals surface area contributed by atoms with Gasteiger partial charge in [0.2, 0.25) is 0 Å². The van der Waals surface area contributed by atoms with Crippen LogP contribution >= 0.6 is 11.6 Å². The van der Waals surface area contributed by atoms with E-state index in [2.05, 4.69) is 11.4 Å². The maximum absolute atomic E-state index is 12.9. The van der Waals surface area contributed by atoms with Gasteiger partial charge in [-0.1, -0.05) is 29.8 Å². The highest BCUT2D eigenvalue weighted by Gasteiger charge is 2.36. The lowest BCUT2D eigenvalue weighted by atomic mass is 9.74. The number of benzene rings is 2. The molecule has 26 heavy (non-hydrogen) atoms. The van der Waals surface area contributed by atoms with Crippen molar-refractivity contribution in [2.24, 2.45) is 5.92 Å². The smallest absolute Gasteiger partial charge is 0.253 e. The zero-order valence-electron chi connectivity index (χ0n) is 14.7. The lowest BCUT2D eigenvalue weighted by Gasteiger charge is -2.38. The highest BCUT2D eigenvalue weighted by Crippen LogP contribution is 2.40. The Morgan fingerprint density at radius 2 is 2.12 bits per heavy atom. The lowest BCUT2D eigenvalue weighted by Crippen LogP contribution is -2.41. The van der Waals surface area contributed by atoms with Crippen LogP contribution in [-0.2, 0) is 6.42 Å². The predicted molar refractivity (Wildman–Crippen MR) is 101 cm³/mol. The molecule has 5 heteroatoms. The van der Waals surface area contributed by atoms with Crippen molar-refractivity contribution in [1.29, 1.82) is 0 Å². The number of ether oxygens (including phenoxy) is 1. The minimum absolute atomic E-state index is 0.145. The van der Waals surface area contributed by atoms with Gasteiger partial charge in [0.25, 0.3) is 5.91 Å². The van der Waals surface area contributed by atoms with Gasteiger partial charge >= 0.3 is 0 Å². The molecule has 136 valence electrons. The Morgan fingerprint density at radius 1 is 1.31 bits per heavy atom. The van der Waals surface area contributed by atoms with Gasteiger partial charge in [0.05, 0.1) is 29.3 Å². The minimum atomic E-state index is -0.278. The van der Waals surface area contributed by atoms with Crippen molar-refractivity contribution >= 4 is 17.5 Å². The first-order valence-corrected chi connectivity index (χ1v) is 9.40. The van der Waals surface area contributed by atoms with Gasteiger partial charge in [-0.3, -0.25) is 4.79 Å². The van der Waals surface area contributed by atoms with Crippen LogP contribution in [0.1, 0.15) is 45.9 Å². The van der Waals surface area contributed by atoms with Crippen LogP contribution in [0.5, 0.6) is 5.75 Å². The van der Waals surface area contributed by atoms with Crippen LogP contribution in [0.15, 0.2) is 36.4 Å². The molecule has 0 saturated heterocycles. The standard InChI is InChI=1S/C21H22ClNO3/c1-12-3-2-4-17(19(12)22)21(25)23-20(15-10-16(24)11-15)14-5-6-18-13(9-14)7-8-26-18/h2-6,9,15-16,20,24H,7-8,10-11H2,1H3,(H,23,25). The molecule has 1 fully saturated rings. The normalized spacial score (nSPS) is 22.1. The zero-order valence-corrected chi connectivity index (χ0v) is 15.4. The number of fused-ring (bicyclic) bond motifs is 1. The number of nitrogens with one attached hydrogen (secondary N) is 1. The summed E-state index contributed by atoms with van der Waals surface area (Å²) in [6.07, 6.45) is 2.00. The molecule has 1 heterocycles. The fourth-order valence-electron chi connectivity index (χ4n) is 3.82. The molecular formula is C21H22ClNO3. The summed E-state index contributed by atoms with van der Waals surface area (Å²) in [5.41, 5.74) is 3.60. The number of aliphatic hydroxyl groups is 1. The number of halogens is 1. The van der Waals surface area contributed by atoms with Crippen molar-refractivity contribution < 1.29 is 14.6 Å². The molecule has 0 radical (unpaired) electrons. The first kappa shape index (κ1) is 17.4. The third kappa shape index (κ3) is 3.19. The number of hydrogen-bond acceptors (Lipinski definition) is 3. The molecule has 4 rings (SSSR count). The first-order chi connectivity index (χ1) is 12.5. The molecule has 2 aromatic rings. The zero-order chi connectivity index (χ0) is 18.3. The van der Waals surface area contributed by atoms with Gasteiger partial charge in [-0.25, -0.2) is 0 Å². The van der Waals surface area contributed by atoms with E-state index in [-0.39, 0.29) is 24.0 Å². The van der Waals surface area contributed by atoms with E-state index >= 15 is 0 Å². The van der Waals surface area contributed by atoms with Crippen molar-refractivity contribution in [1.82, 2.24) is 5.32 Å². The van der Waals surface area contributed by atoms with Gasteiger partial charge in [0.1, 0.15) is 5.75 Å². The SMILES string of the molecule is Cc1cccc(C(=O)NC(c2ccc3c(c2)CCO3)C2CC(O)C2)c1Cl. The van der Waals surface area contributed by atoms with E-state index < -0.39 is 0 Å². The first-order valence-electron chi connectivity index (χ1n) is 9.02. The molecule has 1 saturated carbocycles. The molecule has 1 atom stereocenters. The lowest BCUT2D eigenvalue weighted by molar-refractivity contribution is 0.0235. The van der Waals surface area contributed by atoms with Crippen molar-refractivity contribution in [3.05, 3.63) is 63.7 Å². The van der Waals surface area contributed by atoms with Crippen LogP contribution < -0.4 is 10.1 Å². The van der Waals surface area contributed by atoms with Crippen LogP contribution in [0.25, 0.3) is 0 Å². The van der Waals surface area contributed by atoms with Gasteiger partial charge in [0.15, 0.2) is 0 Å². The number of aryl methyl sites for hydroxylation is 1. The molecule has 0 aromatic heterocycles. The highest BCUT2D eigenvalue weighted by molar-refractivity contribution is 6.34. The van der Waals surface area contributed by atoms with Gasteiger partial charge in [-0.2, -0.15) is 0 Å². The van der Waals surface area contributed by atoms with Crippen LogP contribution in [0.4, 0.5) is 0 Å². The monoisotopic (exact) mass is 371 g/mol. The summed E-state index contributed by atoms with van der Waals surface area (Å²) in [5, 5.41) is 13.4. The number of aliphatic hydroxyl groups excluding tert-OH is 1. The molecule has 0 spiro atoms. The number of amides is 1. The Balaban J connectivity index is 1.62. The molecule has 1 aliphatic carbocycles. The molecular weight excluding hydrogens is 350 g/mol. The molecule has 1 unspecified atom stereocenters. The summed E-state index contributed by atoms with van der Waals surface area (Å²) in [6.45, 7) is 2.59. The predicted octanol–water partition coefficient (Wildman–Crippen LogP) is 3.83. The summed E-state index contributed by atoms with van der Waals surface area (Å²) in [7, 11) is 0. The van der Waals surface area contributed by atoms with Gasteiger partial charge in [-0.05, 0) is 60.6 Å². The van der Waals surface area contributed by atoms with E-state index in [0.29, 0.717) is 30.0 Å². The summed E-state index contributed by atoms with van der Waals surface area (Å²) in [6, 6.07) is 11.4. The Bertz CT molecular complexity index is 845. The quantitative estimate of drug-likeness (QED) is 0.858. The van der Waals surface area contributed by atoms with E-state index in [9.17, 15) is 9.90 Å². The van der Waals surface area contributed by atoms with E-state index in [1.807, 2.05) is 31.2 Å². The largest absolute Gasteiger partial charge is 0.493 e. The number of carbonyl (C=O) groups is 1. The topological polar surface area (TPSA) is 58.6 Å². The van der Waals surface area contributed by atoms with Crippen LogP contribution in [0.3, 0.4) is 0 Å². The second-order valence-electron chi connectivity index (χ2n) is 7.24. The van der Waals surface area contributed by atoms with Gasteiger partial charge in [0, 0.05) is 6.42 Å². The maximum atomic E-state index is 12.9. The van der Waals surface area contributed by atoms with Gasteiger partial charge in [-0.15, -0.1) is 0 Å². The number of hydrogen-bond donors (Lipinski definition) is 2. The van der Waals surface area contributed by atoms with E-state index in [4.69, 9.17) is 16.3 Å². The van der Waals surface area contributed by atoms with E-state index in [0.717, 1.165) is 23.3 Å². The van der Waals surface area contributed by atoms with E-state index in [1.165, 1.54) is 5.56 Å². The summed E-state index contributed by atoms with van der Waals surface area (Å²) < 4.78 is 5.59. The molecule has 2 aliphatic rings. The molecule has 1 aliphatic heterocycles. The molecule has 4 nitrogen and oxygen atoms in total.